The van der Waals surface area contributed by atoms with Gasteiger partial charge in [0, 0.05) is 13.0 Å². The number of hydrogen-bond acceptors (Lipinski definition) is 3. The van der Waals surface area contributed by atoms with Crippen LogP contribution in [0.25, 0.3) is 0 Å². The Balaban J connectivity index is 1.98. The molecular formula is C20H22FNO4. The molecule has 138 valence electrons. The molecule has 1 atom stereocenters. The normalized spacial score (nSPS) is 12.9. The monoisotopic (exact) mass is 359 g/mol. The van der Waals surface area contributed by atoms with Crippen LogP contribution in [0.5, 0.6) is 5.75 Å². The minimum Gasteiger partial charge on any atom is -0.494 e. The number of rotatable bonds is 8. The van der Waals surface area contributed by atoms with Crippen LogP contribution >= 0.6 is 0 Å². The van der Waals surface area contributed by atoms with Gasteiger partial charge < -0.3 is 15.2 Å². The van der Waals surface area contributed by atoms with Gasteiger partial charge in [-0.3, -0.25) is 9.59 Å². The van der Waals surface area contributed by atoms with Crippen LogP contribution in [-0.2, 0) is 21.4 Å². The van der Waals surface area contributed by atoms with Crippen molar-refractivity contribution in [2.75, 3.05) is 13.7 Å². The average molecular weight is 359 g/mol. The summed E-state index contributed by atoms with van der Waals surface area (Å²) in [5.74, 6) is -1.72. The fourth-order valence-corrected chi connectivity index (χ4v) is 2.63. The molecule has 1 amide bonds. The molecule has 5 nitrogen and oxygen atoms in total. The fraction of sp³-hybridized carbons (Fsp3) is 0.300. The number of carboxylic acids is 1. The zero-order valence-corrected chi connectivity index (χ0v) is 14.8. The molecule has 0 saturated carbocycles. The molecule has 0 aliphatic rings. The van der Waals surface area contributed by atoms with E-state index in [1.165, 1.54) is 13.2 Å². The number of hydrogen-bond donors (Lipinski definition) is 2. The lowest BCUT2D eigenvalue weighted by Crippen LogP contribution is -2.44. The molecule has 0 heterocycles. The second kappa shape index (κ2) is 8.47. The molecule has 0 radical (unpaired) electrons. The molecule has 1 unspecified atom stereocenters. The van der Waals surface area contributed by atoms with Crippen molar-refractivity contribution in [2.45, 2.75) is 25.2 Å². The highest BCUT2D eigenvalue weighted by Gasteiger charge is 2.35. The molecular weight excluding hydrogens is 337 g/mol. The van der Waals surface area contributed by atoms with E-state index in [0.717, 1.165) is 0 Å². The molecule has 0 aliphatic carbocycles. The first-order valence-electron chi connectivity index (χ1n) is 8.25. The summed E-state index contributed by atoms with van der Waals surface area (Å²) in [4.78, 5) is 23.8. The van der Waals surface area contributed by atoms with E-state index in [0.29, 0.717) is 11.1 Å². The van der Waals surface area contributed by atoms with E-state index in [-0.39, 0.29) is 31.0 Å². The van der Waals surface area contributed by atoms with E-state index in [2.05, 4.69) is 5.32 Å². The van der Waals surface area contributed by atoms with Crippen molar-refractivity contribution >= 4 is 11.9 Å². The highest BCUT2D eigenvalue weighted by Crippen LogP contribution is 2.24. The highest BCUT2D eigenvalue weighted by atomic mass is 19.1. The van der Waals surface area contributed by atoms with Crippen LogP contribution in [0.4, 0.5) is 4.39 Å². The van der Waals surface area contributed by atoms with Crippen LogP contribution in [0, 0.1) is 5.82 Å². The topological polar surface area (TPSA) is 75.6 Å². The molecule has 2 rings (SSSR count). The van der Waals surface area contributed by atoms with Crippen molar-refractivity contribution < 1.29 is 23.8 Å². The van der Waals surface area contributed by atoms with E-state index in [9.17, 15) is 19.1 Å². The molecule has 0 bridgehead atoms. The first-order chi connectivity index (χ1) is 12.4. The van der Waals surface area contributed by atoms with Gasteiger partial charge in [-0.2, -0.15) is 0 Å². The summed E-state index contributed by atoms with van der Waals surface area (Å²) in [6.07, 6.45) is 0.249. The molecule has 6 heteroatoms. The van der Waals surface area contributed by atoms with Crippen LogP contribution in [0.15, 0.2) is 48.5 Å². The number of nitrogens with one attached hydrogen (secondary N) is 1. The number of methoxy groups -OCH3 is 1. The minimum atomic E-state index is -1.24. The van der Waals surface area contributed by atoms with Gasteiger partial charge >= 0.3 is 5.97 Å². The standard InChI is InChI=1S/C20H22FNO4/c1-20(19(24)25,15-8-4-3-5-9-15)13-22-17(23)12-11-14-7-6-10-16(26-2)18(14)21/h3-10H,11-13H2,1-2H3,(H,22,23)(H,24,25). The van der Waals surface area contributed by atoms with Crippen molar-refractivity contribution in [1.82, 2.24) is 5.32 Å². The lowest BCUT2D eigenvalue weighted by Gasteiger charge is -2.25. The van der Waals surface area contributed by atoms with Crippen molar-refractivity contribution in [3.05, 3.63) is 65.5 Å². The molecule has 2 aromatic rings. The summed E-state index contributed by atoms with van der Waals surface area (Å²) < 4.78 is 19.0. The van der Waals surface area contributed by atoms with Crippen LogP contribution in [0.3, 0.4) is 0 Å². The summed E-state index contributed by atoms with van der Waals surface area (Å²) in [6, 6.07) is 13.5. The minimum absolute atomic E-state index is 0.0498. The maximum Gasteiger partial charge on any atom is 0.315 e. The lowest BCUT2D eigenvalue weighted by molar-refractivity contribution is -0.143. The number of halogens is 1. The Morgan fingerprint density at radius 2 is 1.85 bits per heavy atom. The SMILES string of the molecule is COc1cccc(CCC(=O)NCC(C)(C(=O)O)c2ccccc2)c1F. The third kappa shape index (κ3) is 4.39. The van der Waals surface area contributed by atoms with Gasteiger partial charge in [0.05, 0.1) is 7.11 Å². The van der Waals surface area contributed by atoms with Gasteiger partial charge in [-0.25, -0.2) is 4.39 Å². The number of aryl methyl sites for hydroxylation is 1. The van der Waals surface area contributed by atoms with Gasteiger partial charge in [-0.1, -0.05) is 42.5 Å². The third-order valence-corrected chi connectivity index (χ3v) is 4.41. The zero-order chi connectivity index (χ0) is 19.2. The van der Waals surface area contributed by atoms with Crippen molar-refractivity contribution in [2.24, 2.45) is 0 Å². The average Bonchev–Trinajstić information content (AvgIpc) is 2.65. The van der Waals surface area contributed by atoms with E-state index in [1.807, 2.05) is 0 Å². The van der Waals surface area contributed by atoms with Crippen LogP contribution in [-0.4, -0.2) is 30.6 Å². The summed E-state index contributed by atoms with van der Waals surface area (Å²) in [5.41, 5.74) is -0.256. The van der Waals surface area contributed by atoms with Crippen LogP contribution in [0.1, 0.15) is 24.5 Å². The first-order valence-corrected chi connectivity index (χ1v) is 8.25. The second-order valence-corrected chi connectivity index (χ2v) is 6.21. The van der Waals surface area contributed by atoms with Crippen LogP contribution < -0.4 is 10.1 Å². The summed E-state index contributed by atoms with van der Waals surface area (Å²) in [6.45, 7) is 1.51. The lowest BCUT2D eigenvalue weighted by atomic mass is 9.82. The maximum atomic E-state index is 14.1. The van der Waals surface area contributed by atoms with E-state index >= 15 is 0 Å². The molecule has 0 spiro atoms. The number of aliphatic carboxylic acids is 1. The highest BCUT2D eigenvalue weighted by molar-refractivity contribution is 5.83. The third-order valence-electron chi connectivity index (χ3n) is 4.41. The number of amides is 1. The van der Waals surface area contributed by atoms with Crippen molar-refractivity contribution in [3.8, 4) is 5.75 Å². The summed E-state index contributed by atoms with van der Waals surface area (Å²) in [5, 5.41) is 12.2. The van der Waals surface area contributed by atoms with Gasteiger partial charge in [0.15, 0.2) is 11.6 Å². The number of carboxylic acid groups (broad SMARTS) is 1. The molecule has 26 heavy (non-hydrogen) atoms. The Morgan fingerprint density at radius 3 is 2.46 bits per heavy atom. The fourth-order valence-electron chi connectivity index (χ4n) is 2.63. The van der Waals surface area contributed by atoms with Crippen molar-refractivity contribution in [3.63, 3.8) is 0 Å². The molecule has 0 aliphatic heterocycles. The smallest absolute Gasteiger partial charge is 0.315 e. The largest absolute Gasteiger partial charge is 0.494 e. The quantitative estimate of drug-likeness (QED) is 0.760. The van der Waals surface area contributed by atoms with Gasteiger partial charge in [0.25, 0.3) is 0 Å². The first kappa shape index (κ1) is 19.4. The number of carbonyl (C=O) groups is 2. The van der Waals surface area contributed by atoms with E-state index < -0.39 is 17.2 Å². The Bertz CT molecular complexity index is 779. The van der Waals surface area contributed by atoms with E-state index in [1.54, 1.807) is 49.4 Å². The molecule has 2 aromatic carbocycles. The summed E-state index contributed by atoms with van der Waals surface area (Å²) in [7, 11) is 1.38. The Kier molecular flexibility index (Phi) is 6.33. The number of benzene rings is 2. The van der Waals surface area contributed by atoms with Gasteiger partial charge in [0.1, 0.15) is 5.41 Å². The predicted molar refractivity (Wildman–Crippen MR) is 95.7 cm³/mol. The molecule has 0 saturated heterocycles. The molecule has 0 aromatic heterocycles. The van der Waals surface area contributed by atoms with Gasteiger partial charge in [-0.05, 0) is 30.5 Å². The Labute approximate surface area is 151 Å². The Hall–Kier alpha value is -2.89. The predicted octanol–water partition coefficient (Wildman–Crippen LogP) is 2.93. The number of carbonyl (C=O) groups excluding carboxylic acids is 1. The van der Waals surface area contributed by atoms with E-state index in [4.69, 9.17) is 4.74 Å². The number of ether oxygens (including phenoxy) is 1. The molecule has 0 fully saturated rings. The van der Waals surface area contributed by atoms with Gasteiger partial charge in [-0.15, -0.1) is 0 Å². The Morgan fingerprint density at radius 1 is 1.15 bits per heavy atom. The van der Waals surface area contributed by atoms with Crippen molar-refractivity contribution in [1.29, 1.82) is 0 Å². The van der Waals surface area contributed by atoms with Crippen LogP contribution in [0.2, 0.25) is 0 Å². The second-order valence-electron chi connectivity index (χ2n) is 6.21. The van der Waals surface area contributed by atoms with Gasteiger partial charge in [0.2, 0.25) is 5.91 Å². The maximum absolute atomic E-state index is 14.1. The molecule has 2 N–H and O–H groups in total. The zero-order valence-electron chi connectivity index (χ0n) is 14.8. The summed E-state index contributed by atoms with van der Waals surface area (Å²) >= 11 is 0.